The molecule has 0 radical (unpaired) electrons. The van der Waals surface area contributed by atoms with Crippen LogP contribution in [0.5, 0.6) is 0 Å². The van der Waals surface area contributed by atoms with Gasteiger partial charge in [-0.15, -0.1) is 11.8 Å². The summed E-state index contributed by atoms with van der Waals surface area (Å²) in [6.07, 6.45) is 0.914. The molecule has 0 aliphatic carbocycles. The highest BCUT2D eigenvalue weighted by Crippen LogP contribution is 2.57. The van der Waals surface area contributed by atoms with E-state index in [0.29, 0.717) is 0 Å². The van der Waals surface area contributed by atoms with Gasteiger partial charge in [0.25, 0.3) is 0 Å². The van der Waals surface area contributed by atoms with Crippen molar-refractivity contribution < 1.29 is 4.57 Å². The second kappa shape index (κ2) is 6.48. The molecule has 0 aromatic heterocycles. The molecule has 0 spiro atoms. The van der Waals surface area contributed by atoms with Crippen molar-refractivity contribution in [3.8, 4) is 0 Å². The first-order valence-corrected chi connectivity index (χ1v) is 10.4. The Morgan fingerprint density at radius 1 is 0.864 bits per heavy atom. The third-order valence-corrected chi connectivity index (χ3v) is 10.00. The third-order valence-electron chi connectivity index (χ3n) is 4.39. The molecule has 2 aromatic carbocycles. The maximum absolute atomic E-state index is 14.2. The molecule has 2 aromatic rings. The zero-order chi connectivity index (χ0) is 15.6. The van der Waals surface area contributed by atoms with Crippen molar-refractivity contribution in [2.45, 2.75) is 25.3 Å². The Morgan fingerprint density at radius 3 is 1.82 bits per heavy atom. The summed E-state index contributed by atoms with van der Waals surface area (Å²) < 4.78 is 14.2. The fraction of sp³-hybridized carbons (Fsp3) is 0.263. The van der Waals surface area contributed by atoms with Crippen LogP contribution in [0.15, 0.2) is 71.8 Å². The van der Waals surface area contributed by atoms with Crippen LogP contribution in [0.25, 0.3) is 0 Å². The van der Waals surface area contributed by atoms with Crippen LogP contribution >= 0.6 is 18.9 Å². The predicted octanol–water partition coefficient (Wildman–Crippen LogP) is 4.80. The fourth-order valence-corrected chi connectivity index (χ4v) is 8.43. The van der Waals surface area contributed by atoms with Gasteiger partial charge in [-0.1, -0.05) is 71.8 Å². The Morgan fingerprint density at radius 2 is 1.36 bits per heavy atom. The number of rotatable bonds is 3. The van der Waals surface area contributed by atoms with Crippen molar-refractivity contribution in [1.82, 2.24) is 0 Å². The number of hydrogen-bond acceptors (Lipinski definition) is 2. The first-order chi connectivity index (χ1) is 10.6. The van der Waals surface area contributed by atoms with Crippen LogP contribution in [0.4, 0.5) is 0 Å². The van der Waals surface area contributed by atoms with Gasteiger partial charge >= 0.3 is 0 Å². The van der Waals surface area contributed by atoms with Crippen LogP contribution in [0, 0.1) is 0 Å². The van der Waals surface area contributed by atoms with Crippen molar-refractivity contribution in [1.29, 1.82) is 0 Å². The largest absolute Gasteiger partial charge is 0.312 e. The smallest absolute Gasteiger partial charge is 0.155 e. The van der Waals surface area contributed by atoms with Gasteiger partial charge in [-0.25, -0.2) is 0 Å². The molecule has 3 rings (SSSR count). The molecule has 3 heteroatoms. The van der Waals surface area contributed by atoms with Crippen LogP contribution < -0.4 is 10.6 Å². The van der Waals surface area contributed by atoms with E-state index in [0.717, 1.165) is 22.8 Å². The van der Waals surface area contributed by atoms with Gasteiger partial charge in [-0.05, 0) is 20.3 Å². The van der Waals surface area contributed by atoms with E-state index in [1.165, 1.54) is 11.1 Å². The van der Waals surface area contributed by atoms with Gasteiger partial charge in [0, 0.05) is 16.4 Å². The average molecular weight is 328 g/mol. The lowest BCUT2D eigenvalue weighted by Gasteiger charge is -2.32. The zero-order valence-corrected chi connectivity index (χ0v) is 14.7. The Kier molecular flexibility index (Phi) is 4.61. The average Bonchev–Trinajstić information content (AvgIpc) is 2.58. The maximum Gasteiger partial charge on any atom is 0.155 e. The lowest BCUT2D eigenvalue weighted by atomic mass is 10.1. The van der Waals surface area contributed by atoms with Crippen molar-refractivity contribution in [3.63, 3.8) is 0 Å². The van der Waals surface area contributed by atoms with E-state index in [1.54, 1.807) is 0 Å². The number of hydrogen-bond donors (Lipinski definition) is 0. The topological polar surface area (TPSA) is 17.1 Å². The van der Waals surface area contributed by atoms with E-state index >= 15 is 0 Å². The predicted molar refractivity (Wildman–Crippen MR) is 99.0 cm³/mol. The minimum atomic E-state index is -2.63. The summed E-state index contributed by atoms with van der Waals surface area (Å²) in [6, 6.07) is 20.0. The second-order valence-electron chi connectivity index (χ2n) is 5.86. The minimum Gasteiger partial charge on any atom is -0.312 e. The fourth-order valence-electron chi connectivity index (χ4n) is 2.85. The molecule has 0 fully saturated rings. The molecule has 0 N–H and O–H groups in total. The van der Waals surface area contributed by atoms with Gasteiger partial charge < -0.3 is 4.57 Å². The second-order valence-corrected chi connectivity index (χ2v) is 10.4. The van der Waals surface area contributed by atoms with Gasteiger partial charge in [0.1, 0.15) is 0 Å². The maximum atomic E-state index is 14.2. The van der Waals surface area contributed by atoms with Crippen LogP contribution in [-0.2, 0) is 4.57 Å². The highest BCUT2D eigenvalue weighted by molar-refractivity contribution is 8.09. The summed E-state index contributed by atoms with van der Waals surface area (Å²) >= 11 is 1.85. The first-order valence-electron chi connectivity index (χ1n) is 7.60. The molecule has 0 amide bonds. The zero-order valence-electron chi connectivity index (χ0n) is 13.0. The number of benzene rings is 2. The molecule has 114 valence electrons. The molecule has 1 atom stereocenters. The van der Waals surface area contributed by atoms with E-state index in [9.17, 15) is 4.57 Å². The monoisotopic (exact) mass is 328 g/mol. The molecule has 1 aliphatic heterocycles. The molecule has 1 aliphatic rings. The summed E-state index contributed by atoms with van der Waals surface area (Å²) in [5, 5.41) is 1.96. The molecular weight excluding hydrogens is 307 g/mol. The molecule has 0 saturated carbocycles. The van der Waals surface area contributed by atoms with Gasteiger partial charge in [-0.2, -0.15) is 0 Å². The molecule has 22 heavy (non-hydrogen) atoms. The number of thioether (sulfide) groups is 1. The number of allylic oxidation sites excluding steroid dienone is 1. The lowest BCUT2D eigenvalue weighted by molar-refractivity contribution is 0.584. The highest BCUT2D eigenvalue weighted by atomic mass is 32.2. The molecule has 1 unspecified atom stereocenters. The molecular formula is C19H21OPS. The Hall–Kier alpha value is -1.24. The van der Waals surface area contributed by atoms with E-state index in [4.69, 9.17) is 0 Å². The minimum absolute atomic E-state index is 0.140. The molecule has 0 saturated heterocycles. The summed E-state index contributed by atoms with van der Waals surface area (Å²) in [4.78, 5) is 0.140. The van der Waals surface area contributed by atoms with Crippen molar-refractivity contribution in [3.05, 3.63) is 71.8 Å². The summed E-state index contributed by atoms with van der Waals surface area (Å²) in [5.74, 6) is 0.986. The van der Waals surface area contributed by atoms with E-state index in [1.807, 2.05) is 72.4 Å². The highest BCUT2D eigenvalue weighted by Gasteiger charge is 2.38. The van der Waals surface area contributed by atoms with Crippen LogP contribution in [0.2, 0.25) is 0 Å². The molecule has 0 bridgehead atoms. The summed E-state index contributed by atoms with van der Waals surface area (Å²) in [5.41, 5.74) is 2.84. The Labute approximate surface area is 137 Å². The van der Waals surface area contributed by atoms with Gasteiger partial charge in [-0.3, -0.25) is 0 Å². The van der Waals surface area contributed by atoms with Gasteiger partial charge in [0.2, 0.25) is 0 Å². The Bertz CT molecular complexity index is 678. The third kappa shape index (κ3) is 2.83. The quantitative estimate of drug-likeness (QED) is 0.595. The standard InChI is InChI=1S/C19H21OPS/c1-15-13-19(22-14-16(15)2)21(20,17-9-5-3-6-10-17)18-11-7-4-8-12-18/h3-12,19H,13-14H2,1-2H3. The van der Waals surface area contributed by atoms with Crippen LogP contribution in [0.3, 0.4) is 0 Å². The SMILES string of the molecule is CC1=C(C)CC(P(=O)(c2ccccc2)c2ccccc2)SC1. The van der Waals surface area contributed by atoms with Crippen molar-refractivity contribution in [2.24, 2.45) is 0 Å². The van der Waals surface area contributed by atoms with Crippen molar-refractivity contribution in [2.75, 3.05) is 5.75 Å². The first kappa shape index (κ1) is 15.6. The lowest BCUT2D eigenvalue weighted by Crippen LogP contribution is -2.26. The van der Waals surface area contributed by atoms with Crippen LogP contribution in [0.1, 0.15) is 20.3 Å². The Balaban J connectivity index is 2.11. The van der Waals surface area contributed by atoms with E-state index < -0.39 is 7.14 Å². The normalized spacial score (nSPS) is 19.3. The van der Waals surface area contributed by atoms with Crippen molar-refractivity contribution >= 4 is 29.5 Å². The molecule has 1 heterocycles. The summed E-state index contributed by atoms with van der Waals surface area (Å²) in [7, 11) is -2.63. The van der Waals surface area contributed by atoms with Gasteiger partial charge in [0.05, 0.1) is 4.99 Å². The van der Waals surface area contributed by atoms with E-state index in [2.05, 4.69) is 13.8 Å². The summed E-state index contributed by atoms with van der Waals surface area (Å²) in [6.45, 7) is 4.37. The van der Waals surface area contributed by atoms with Crippen LogP contribution in [-0.4, -0.2) is 10.7 Å². The van der Waals surface area contributed by atoms with E-state index in [-0.39, 0.29) is 4.99 Å². The van der Waals surface area contributed by atoms with Gasteiger partial charge in [0.15, 0.2) is 7.14 Å². The molecule has 1 nitrogen and oxygen atoms in total.